The second-order valence-corrected chi connectivity index (χ2v) is 9.82. The van der Waals surface area contributed by atoms with Crippen LogP contribution < -0.4 is 4.74 Å². The van der Waals surface area contributed by atoms with E-state index in [1.807, 2.05) is 54.6 Å². The monoisotopic (exact) mass is 573 g/mol. The number of hydrogen-bond donors (Lipinski definition) is 1. The van der Waals surface area contributed by atoms with Gasteiger partial charge in [-0.25, -0.2) is 0 Å². The van der Waals surface area contributed by atoms with Gasteiger partial charge in [0.2, 0.25) is 0 Å². The number of carbonyl (C=O) groups excluding carboxylic acids is 1. The number of para-hydroxylation sites is 1. The zero-order valence-corrected chi connectivity index (χ0v) is 21.7. The third-order valence-corrected chi connectivity index (χ3v) is 6.74. The molecule has 5 rings (SSSR count). The van der Waals surface area contributed by atoms with E-state index in [4.69, 9.17) is 9.15 Å². The van der Waals surface area contributed by atoms with Crippen molar-refractivity contribution in [2.75, 3.05) is 0 Å². The van der Waals surface area contributed by atoms with Gasteiger partial charge in [0, 0.05) is 10.0 Å². The molecule has 0 bridgehead atoms. The van der Waals surface area contributed by atoms with Crippen molar-refractivity contribution in [3.05, 3.63) is 117 Å². The minimum atomic E-state index is -0.256. The van der Waals surface area contributed by atoms with Crippen LogP contribution >= 0.6 is 27.7 Å². The number of benzene rings is 3. The van der Waals surface area contributed by atoms with E-state index >= 15 is 0 Å². The third-order valence-electron chi connectivity index (χ3n) is 5.25. The van der Waals surface area contributed by atoms with Gasteiger partial charge in [-0.2, -0.15) is 5.10 Å². The van der Waals surface area contributed by atoms with Gasteiger partial charge >= 0.3 is 0 Å². The largest absolute Gasteiger partial charge is 0.507 e. The van der Waals surface area contributed by atoms with Crippen LogP contribution in [-0.4, -0.2) is 27.3 Å². The van der Waals surface area contributed by atoms with Crippen LogP contribution in [0.15, 0.2) is 115 Å². The second kappa shape index (κ2) is 11.3. The Morgan fingerprint density at radius 1 is 1.00 bits per heavy atom. The summed E-state index contributed by atoms with van der Waals surface area (Å²) in [6.07, 6.45) is 4.79. The molecule has 9 heteroatoms. The van der Waals surface area contributed by atoms with E-state index in [0.717, 1.165) is 15.8 Å². The Morgan fingerprint density at radius 2 is 1.84 bits per heavy atom. The molecule has 1 saturated heterocycles. The lowest BCUT2D eigenvalue weighted by atomic mass is 10.2. The summed E-state index contributed by atoms with van der Waals surface area (Å²) in [5.41, 5.74) is 1.31. The van der Waals surface area contributed by atoms with E-state index in [2.05, 4.69) is 26.1 Å². The summed E-state index contributed by atoms with van der Waals surface area (Å²) in [5, 5.41) is 19.2. The molecule has 3 aromatic carbocycles. The lowest BCUT2D eigenvalue weighted by Gasteiger charge is -2.12. The van der Waals surface area contributed by atoms with Crippen molar-refractivity contribution >= 4 is 51.1 Å². The molecule has 1 amide bonds. The zero-order chi connectivity index (χ0) is 25.6. The summed E-state index contributed by atoms with van der Waals surface area (Å²) >= 11 is 4.58. The number of thioether (sulfide) groups is 1. The molecule has 1 fully saturated rings. The highest BCUT2D eigenvalue weighted by Crippen LogP contribution is 2.35. The quantitative estimate of drug-likeness (QED) is 0.145. The molecular weight excluding hydrogens is 554 g/mol. The Bertz CT molecular complexity index is 1500. The first-order chi connectivity index (χ1) is 18.0. The van der Waals surface area contributed by atoms with Gasteiger partial charge in [0.25, 0.3) is 5.91 Å². The van der Waals surface area contributed by atoms with Gasteiger partial charge in [-0.15, -0.1) is 5.10 Å². The fourth-order valence-electron chi connectivity index (χ4n) is 3.49. The van der Waals surface area contributed by atoms with Crippen LogP contribution in [0.5, 0.6) is 17.2 Å². The molecule has 0 radical (unpaired) electrons. The maximum atomic E-state index is 13.2. The molecule has 1 aliphatic heterocycles. The summed E-state index contributed by atoms with van der Waals surface area (Å²) in [7, 11) is 0. The summed E-state index contributed by atoms with van der Waals surface area (Å²) in [4.78, 5) is 15.2. The molecule has 0 atom stereocenters. The SMILES string of the molecule is O=C1/C(=C/c2cc(Br)ccc2O)S/C(=N/N=C\c2cccc(Oc3ccccc3)c2)N1Cc1ccco1. The van der Waals surface area contributed by atoms with Crippen LogP contribution in [0.1, 0.15) is 16.9 Å². The van der Waals surface area contributed by atoms with Crippen molar-refractivity contribution in [2.24, 2.45) is 10.2 Å². The summed E-state index contributed by atoms with van der Waals surface area (Å²) in [6.45, 7) is 0.204. The second-order valence-electron chi connectivity index (χ2n) is 7.90. The molecule has 4 aromatic rings. The molecule has 37 heavy (non-hydrogen) atoms. The van der Waals surface area contributed by atoms with Crippen LogP contribution in [0, 0.1) is 0 Å². The average Bonchev–Trinajstić information content (AvgIpc) is 3.51. The van der Waals surface area contributed by atoms with Gasteiger partial charge in [-0.05, 0) is 78.0 Å². The number of phenols is 1. The van der Waals surface area contributed by atoms with Gasteiger partial charge in [-0.3, -0.25) is 9.69 Å². The van der Waals surface area contributed by atoms with Crippen LogP contribution in [0.25, 0.3) is 6.08 Å². The number of furan rings is 1. The molecule has 0 spiro atoms. The van der Waals surface area contributed by atoms with Gasteiger partial charge in [0.15, 0.2) is 5.17 Å². The first-order valence-electron chi connectivity index (χ1n) is 11.2. The highest BCUT2D eigenvalue weighted by Gasteiger charge is 2.34. The average molecular weight is 574 g/mol. The molecule has 0 unspecified atom stereocenters. The van der Waals surface area contributed by atoms with Crippen molar-refractivity contribution < 1.29 is 19.1 Å². The van der Waals surface area contributed by atoms with E-state index in [1.165, 1.54) is 16.7 Å². The molecular formula is C28H20BrN3O4S. The van der Waals surface area contributed by atoms with E-state index in [-0.39, 0.29) is 18.2 Å². The smallest absolute Gasteiger partial charge is 0.267 e. The van der Waals surface area contributed by atoms with Gasteiger partial charge < -0.3 is 14.3 Å². The van der Waals surface area contributed by atoms with E-state index in [0.29, 0.717) is 27.1 Å². The van der Waals surface area contributed by atoms with Crippen molar-refractivity contribution in [1.82, 2.24) is 4.90 Å². The summed E-state index contributed by atoms with van der Waals surface area (Å²) in [6, 6.07) is 25.6. The molecule has 1 aromatic heterocycles. The minimum absolute atomic E-state index is 0.0719. The lowest BCUT2D eigenvalue weighted by molar-refractivity contribution is -0.122. The molecule has 184 valence electrons. The third kappa shape index (κ3) is 6.19. The Hall–Kier alpha value is -4.08. The number of ether oxygens (including phenoxy) is 1. The fraction of sp³-hybridized carbons (Fsp3) is 0.0357. The zero-order valence-electron chi connectivity index (χ0n) is 19.3. The van der Waals surface area contributed by atoms with Crippen molar-refractivity contribution in [3.8, 4) is 17.2 Å². The molecule has 2 heterocycles. The Morgan fingerprint density at radius 3 is 2.65 bits per heavy atom. The maximum Gasteiger partial charge on any atom is 0.267 e. The van der Waals surface area contributed by atoms with Crippen LogP contribution in [0.2, 0.25) is 0 Å². The number of nitrogens with zero attached hydrogens (tertiary/aromatic N) is 3. The number of amides is 1. The standard InChI is InChI=1S/C28H20BrN3O4S/c29-21-11-12-25(33)20(15-21)16-26-27(34)32(18-24-10-5-13-35-24)28(37-26)31-30-17-19-6-4-9-23(14-19)36-22-7-2-1-3-8-22/h1-17,33H,18H2/b26-16-,30-17-,31-28+. The number of carbonyl (C=O) groups is 1. The predicted molar refractivity (Wildman–Crippen MR) is 149 cm³/mol. The molecule has 1 N–H and O–H groups in total. The van der Waals surface area contributed by atoms with Crippen LogP contribution in [-0.2, 0) is 11.3 Å². The van der Waals surface area contributed by atoms with Gasteiger partial charge in [0.05, 0.1) is 23.9 Å². The number of phenolic OH excluding ortho intramolecular Hbond substituents is 1. The number of halogens is 1. The normalized spacial score (nSPS) is 15.8. The molecule has 0 saturated carbocycles. The van der Waals surface area contributed by atoms with Crippen molar-refractivity contribution in [1.29, 1.82) is 0 Å². The first kappa shape index (κ1) is 24.6. The number of amidine groups is 1. The van der Waals surface area contributed by atoms with Crippen LogP contribution in [0.4, 0.5) is 0 Å². The highest BCUT2D eigenvalue weighted by atomic mass is 79.9. The number of rotatable bonds is 7. The van der Waals surface area contributed by atoms with Gasteiger partial charge in [-0.1, -0.05) is 46.3 Å². The minimum Gasteiger partial charge on any atom is -0.507 e. The van der Waals surface area contributed by atoms with Crippen molar-refractivity contribution in [2.45, 2.75) is 6.54 Å². The topological polar surface area (TPSA) is 87.6 Å². The summed E-state index contributed by atoms with van der Waals surface area (Å²) < 4.78 is 12.1. The molecule has 7 nitrogen and oxygen atoms in total. The predicted octanol–water partition coefficient (Wildman–Crippen LogP) is 7.05. The molecule has 0 aliphatic carbocycles. The number of hydrogen-bond acceptors (Lipinski definition) is 7. The fourth-order valence-corrected chi connectivity index (χ4v) is 4.80. The van der Waals surface area contributed by atoms with Gasteiger partial charge in [0.1, 0.15) is 23.0 Å². The van der Waals surface area contributed by atoms with E-state index in [1.54, 1.807) is 48.9 Å². The number of aromatic hydroxyl groups is 1. The lowest BCUT2D eigenvalue weighted by Crippen LogP contribution is -2.28. The maximum absolute atomic E-state index is 13.2. The molecule has 1 aliphatic rings. The van der Waals surface area contributed by atoms with E-state index in [9.17, 15) is 9.90 Å². The van der Waals surface area contributed by atoms with E-state index < -0.39 is 0 Å². The Kier molecular flexibility index (Phi) is 7.53. The summed E-state index contributed by atoms with van der Waals surface area (Å²) in [5.74, 6) is 1.84. The van der Waals surface area contributed by atoms with Crippen molar-refractivity contribution in [3.63, 3.8) is 0 Å². The van der Waals surface area contributed by atoms with Crippen LogP contribution in [0.3, 0.4) is 0 Å². The Labute approximate surface area is 225 Å². The Balaban J connectivity index is 1.39. The first-order valence-corrected chi connectivity index (χ1v) is 12.8. The highest BCUT2D eigenvalue weighted by molar-refractivity contribution is 9.10.